The van der Waals surface area contributed by atoms with E-state index < -0.39 is 20.0 Å². The number of halogens is 1. The van der Waals surface area contributed by atoms with E-state index >= 15 is 0 Å². The fourth-order valence-electron chi connectivity index (χ4n) is 2.77. The molecule has 0 atom stereocenters. The van der Waals surface area contributed by atoms with E-state index in [9.17, 15) is 16.8 Å². The Morgan fingerprint density at radius 3 is 2.12 bits per heavy atom. The fraction of sp³-hybridized carbons (Fsp3) is 0.600. The third kappa shape index (κ3) is 4.72. The van der Waals surface area contributed by atoms with Crippen LogP contribution in [0.4, 0.5) is 0 Å². The SMILES string of the molecule is CCN(CC)S(=O)(=O)c1cccc(S(=O)(=O)N2CCC(N)CC2)c1.Cl. The highest BCUT2D eigenvalue weighted by molar-refractivity contribution is 7.90. The number of nitrogens with two attached hydrogens (primary N) is 1. The molecule has 1 fully saturated rings. The van der Waals surface area contributed by atoms with Gasteiger partial charge in [0, 0.05) is 32.2 Å². The summed E-state index contributed by atoms with van der Waals surface area (Å²) >= 11 is 0. The Balaban J connectivity index is 0.00000312. The number of sulfonamides is 2. The first-order valence-corrected chi connectivity index (χ1v) is 11.0. The minimum atomic E-state index is -3.71. The van der Waals surface area contributed by atoms with Gasteiger partial charge < -0.3 is 5.73 Å². The largest absolute Gasteiger partial charge is 0.328 e. The summed E-state index contributed by atoms with van der Waals surface area (Å²) in [6.07, 6.45) is 1.22. The lowest BCUT2D eigenvalue weighted by atomic mass is 10.1. The van der Waals surface area contributed by atoms with Crippen LogP contribution in [0, 0.1) is 0 Å². The normalized spacial score (nSPS) is 17.4. The van der Waals surface area contributed by atoms with Gasteiger partial charge >= 0.3 is 0 Å². The molecule has 1 saturated heterocycles. The van der Waals surface area contributed by atoms with Crippen molar-refractivity contribution < 1.29 is 16.8 Å². The molecule has 7 nitrogen and oxygen atoms in total. The van der Waals surface area contributed by atoms with Crippen molar-refractivity contribution >= 4 is 32.5 Å². The third-order valence-electron chi connectivity index (χ3n) is 4.29. The number of hydrogen-bond acceptors (Lipinski definition) is 5. The van der Waals surface area contributed by atoms with Crippen molar-refractivity contribution in [1.82, 2.24) is 8.61 Å². The Morgan fingerprint density at radius 2 is 1.60 bits per heavy atom. The van der Waals surface area contributed by atoms with Gasteiger partial charge in [0.2, 0.25) is 20.0 Å². The maximum Gasteiger partial charge on any atom is 0.243 e. The molecule has 1 aromatic rings. The molecule has 10 heteroatoms. The Kier molecular flexibility index (Phi) is 7.85. The summed E-state index contributed by atoms with van der Waals surface area (Å²) in [5, 5.41) is 0. The van der Waals surface area contributed by atoms with Crippen molar-refractivity contribution in [1.29, 1.82) is 0 Å². The molecular formula is C15H26ClN3O4S2. The van der Waals surface area contributed by atoms with Crippen LogP contribution in [-0.4, -0.2) is 57.7 Å². The highest BCUT2D eigenvalue weighted by Crippen LogP contribution is 2.24. The number of piperidine rings is 1. The Morgan fingerprint density at radius 1 is 1.08 bits per heavy atom. The van der Waals surface area contributed by atoms with E-state index in [1.807, 2.05) is 0 Å². The van der Waals surface area contributed by atoms with Crippen molar-refractivity contribution in [3.05, 3.63) is 24.3 Å². The lowest BCUT2D eigenvalue weighted by Crippen LogP contribution is -2.42. The number of benzene rings is 1. The van der Waals surface area contributed by atoms with Crippen molar-refractivity contribution in [3.8, 4) is 0 Å². The summed E-state index contributed by atoms with van der Waals surface area (Å²) < 4.78 is 53.4. The third-order valence-corrected chi connectivity index (χ3v) is 8.23. The molecule has 144 valence electrons. The van der Waals surface area contributed by atoms with E-state index in [0.717, 1.165) is 0 Å². The van der Waals surface area contributed by atoms with Crippen molar-refractivity contribution in [2.45, 2.75) is 42.5 Å². The molecule has 0 saturated carbocycles. The minimum absolute atomic E-state index is 0. The van der Waals surface area contributed by atoms with Gasteiger partial charge in [-0.3, -0.25) is 0 Å². The molecule has 0 unspecified atom stereocenters. The first kappa shape index (κ1) is 22.3. The maximum atomic E-state index is 12.8. The van der Waals surface area contributed by atoms with Crippen LogP contribution in [0.1, 0.15) is 26.7 Å². The van der Waals surface area contributed by atoms with Gasteiger partial charge in [-0.2, -0.15) is 8.61 Å². The standard InChI is InChI=1S/C15H25N3O4S2.ClH/c1-3-17(4-2)23(19,20)14-6-5-7-15(12-14)24(21,22)18-10-8-13(16)9-11-18;/h5-7,12-13H,3-4,8-11,16H2,1-2H3;1H. The van der Waals surface area contributed by atoms with Crippen LogP contribution in [0.25, 0.3) is 0 Å². The Hall–Kier alpha value is -0.710. The minimum Gasteiger partial charge on any atom is -0.328 e. The Labute approximate surface area is 156 Å². The zero-order chi connectivity index (χ0) is 18.0. The molecular weight excluding hydrogens is 386 g/mol. The fourth-order valence-corrected chi connectivity index (χ4v) is 5.87. The van der Waals surface area contributed by atoms with Crippen molar-refractivity contribution in [2.24, 2.45) is 5.73 Å². The number of rotatable bonds is 6. The highest BCUT2D eigenvalue weighted by Gasteiger charge is 2.30. The van der Waals surface area contributed by atoms with Crippen molar-refractivity contribution in [3.63, 3.8) is 0 Å². The molecule has 0 spiro atoms. The lowest BCUT2D eigenvalue weighted by molar-refractivity contribution is 0.320. The zero-order valence-electron chi connectivity index (χ0n) is 14.5. The van der Waals surface area contributed by atoms with Crippen LogP contribution in [0.15, 0.2) is 34.1 Å². The predicted molar refractivity (Wildman–Crippen MR) is 99.8 cm³/mol. The van der Waals surface area contributed by atoms with Gasteiger partial charge in [-0.05, 0) is 31.0 Å². The topological polar surface area (TPSA) is 101 Å². The summed E-state index contributed by atoms with van der Waals surface area (Å²) in [4.78, 5) is 0.00666. The van der Waals surface area contributed by atoms with E-state index in [4.69, 9.17) is 5.73 Å². The molecule has 2 N–H and O–H groups in total. The average Bonchev–Trinajstić information content (AvgIpc) is 2.56. The lowest BCUT2D eigenvalue weighted by Gasteiger charge is -2.29. The van der Waals surface area contributed by atoms with Gasteiger partial charge in [0.25, 0.3) is 0 Å². The summed E-state index contributed by atoms with van der Waals surface area (Å²) in [5.41, 5.74) is 5.82. The Bertz CT molecular complexity index is 772. The van der Waals surface area contributed by atoms with E-state index in [1.54, 1.807) is 13.8 Å². The summed E-state index contributed by atoms with van der Waals surface area (Å²) in [5.74, 6) is 0. The van der Waals surface area contributed by atoms with E-state index in [2.05, 4.69) is 0 Å². The second-order valence-corrected chi connectivity index (χ2v) is 9.68. The molecule has 0 radical (unpaired) electrons. The van der Waals surface area contributed by atoms with Crippen LogP contribution in [0.2, 0.25) is 0 Å². The van der Waals surface area contributed by atoms with E-state index in [-0.39, 0.29) is 28.2 Å². The van der Waals surface area contributed by atoms with E-state index in [1.165, 1.54) is 32.9 Å². The van der Waals surface area contributed by atoms with Gasteiger partial charge in [0.15, 0.2) is 0 Å². The van der Waals surface area contributed by atoms with Gasteiger partial charge in [-0.15, -0.1) is 12.4 Å². The molecule has 25 heavy (non-hydrogen) atoms. The molecule has 0 amide bonds. The first-order chi connectivity index (χ1) is 11.2. The van der Waals surface area contributed by atoms with Crippen molar-refractivity contribution in [2.75, 3.05) is 26.2 Å². The van der Waals surface area contributed by atoms with Gasteiger partial charge in [0.1, 0.15) is 0 Å². The smallest absolute Gasteiger partial charge is 0.243 e. The van der Waals surface area contributed by atoms with Crippen LogP contribution in [-0.2, 0) is 20.0 Å². The second kappa shape index (κ2) is 8.79. The molecule has 0 bridgehead atoms. The molecule has 0 aliphatic carbocycles. The van der Waals surface area contributed by atoms with Crippen LogP contribution >= 0.6 is 12.4 Å². The summed E-state index contributed by atoms with van der Waals surface area (Å²) in [6, 6.07) is 5.60. The summed E-state index contributed by atoms with van der Waals surface area (Å²) in [6.45, 7) is 4.88. The molecule has 1 aliphatic heterocycles. The maximum absolute atomic E-state index is 12.8. The van der Waals surface area contributed by atoms with Crippen LogP contribution in [0.3, 0.4) is 0 Å². The average molecular weight is 412 g/mol. The van der Waals surface area contributed by atoms with Crippen LogP contribution < -0.4 is 5.73 Å². The highest BCUT2D eigenvalue weighted by atomic mass is 35.5. The number of nitrogens with zero attached hydrogens (tertiary/aromatic N) is 2. The predicted octanol–water partition coefficient (Wildman–Crippen LogP) is 1.25. The van der Waals surface area contributed by atoms with Gasteiger partial charge in [-0.1, -0.05) is 19.9 Å². The molecule has 1 aliphatic rings. The zero-order valence-corrected chi connectivity index (χ0v) is 16.9. The summed E-state index contributed by atoms with van der Waals surface area (Å²) in [7, 11) is -7.41. The monoisotopic (exact) mass is 411 g/mol. The number of hydrogen-bond donors (Lipinski definition) is 1. The van der Waals surface area contributed by atoms with Crippen LogP contribution in [0.5, 0.6) is 0 Å². The van der Waals surface area contributed by atoms with Gasteiger partial charge in [0.05, 0.1) is 9.79 Å². The first-order valence-electron chi connectivity index (χ1n) is 8.09. The second-order valence-electron chi connectivity index (χ2n) is 5.81. The molecule has 0 aromatic heterocycles. The molecule has 2 rings (SSSR count). The quantitative estimate of drug-likeness (QED) is 0.759. The van der Waals surface area contributed by atoms with E-state index in [0.29, 0.717) is 39.0 Å². The molecule has 1 aromatic carbocycles. The van der Waals surface area contributed by atoms with Gasteiger partial charge in [-0.25, -0.2) is 16.8 Å². The molecule has 1 heterocycles.